The number of fused-ring (bicyclic) bond motifs is 1. The number of amides is 1. The van der Waals surface area contributed by atoms with Gasteiger partial charge in [-0.05, 0) is 19.8 Å². The smallest absolute Gasteiger partial charge is 0.229 e. The molecular weight excluding hydrogens is 430 g/mol. The molecule has 32 heavy (non-hydrogen) atoms. The predicted molar refractivity (Wildman–Crippen MR) is 122 cm³/mol. The van der Waals surface area contributed by atoms with Gasteiger partial charge in [0.05, 0.1) is 30.7 Å². The molecule has 1 saturated carbocycles. The SMILES string of the molecule is C[C@@H](O)Cn1cc(Nc2ncc(Cl)c(N3C[C@]4(C)CN(C(=O)C5CC5)C[C@]4(C)C3)n2)cn1. The average molecular weight is 460 g/mol. The Hall–Kier alpha value is -2.39. The number of halogens is 1. The molecule has 0 aromatic carbocycles. The summed E-state index contributed by atoms with van der Waals surface area (Å²) < 4.78 is 1.67. The minimum absolute atomic E-state index is 0.0124. The molecule has 0 bridgehead atoms. The van der Waals surface area contributed by atoms with Crippen LogP contribution in [0.4, 0.5) is 17.5 Å². The fourth-order valence-corrected chi connectivity index (χ4v) is 5.33. The van der Waals surface area contributed by atoms with Gasteiger partial charge in [-0.15, -0.1) is 0 Å². The molecule has 0 unspecified atom stereocenters. The predicted octanol–water partition coefficient (Wildman–Crippen LogP) is 2.54. The molecule has 2 aliphatic heterocycles. The fraction of sp³-hybridized carbons (Fsp3) is 0.636. The Bertz CT molecular complexity index is 1020. The van der Waals surface area contributed by atoms with Crippen LogP contribution in [-0.4, -0.2) is 67.9 Å². The largest absolute Gasteiger partial charge is 0.391 e. The maximum Gasteiger partial charge on any atom is 0.229 e. The van der Waals surface area contributed by atoms with Gasteiger partial charge in [0.1, 0.15) is 5.02 Å². The minimum atomic E-state index is -0.478. The van der Waals surface area contributed by atoms with Crippen LogP contribution in [0.25, 0.3) is 0 Å². The number of rotatable bonds is 6. The highest BCUT2D eigenvalue weighted by Crippen LogP contribution is 2.53. The number of likely N-dealkylation sites (tertiary alicyclic amines) is 1. The summed E-state index contributed by atoms with van der Waals surface area (Å²) in [7, 11) is 0. The minimum Gasteiger partial charge on any atom is -0.391 e. The quantitative estimate of drug-likeness (QED) is 0.684. The van der Waals surface area contributed by atoms with Gasteiger partial charge in [0.15, 0.2) is 5.82 Å². The number of nitrogens with zero attached hydrogens (tertiary/aromatic N) is 6. The van der Waals surface area contributed by atoms with Gasteiger partial charge in [-0.2, -0.15) is 10.1 Å². The number of hydrogen-bond acceptors (Lipinski definition) is 7. The lowest BCUT2D eigenvalue weighted by molar-refractivity contribution is -0.132. The van der Waals surface area contributed by atoms with E-state index >= 15 is 0 Å². The molecule has 5 rings (SSSR count). The Kier molecular flexibility index (Phi) is 5.09. The van der Waals surface area contributed by atoms with Crippen LogP contribution in [0.1, 0.15) is 33.6 Å². The number of hydrogen-bond donors (Lipinski definition) is 2. The highest BCUT2D eigenvalue weighted by atomic mass is 35.5. The monoisotopic (exact) mass is 459 g/mol. The van der Waals surface area contributed by atoms with E-state index in [2.05, 4.69) is 39.0 Å². The van der Waals surface area contributed by atoms with E-state index in [-0.39, 0.29) is 16.7 Å². The summed E-state index contributed by atoms with van der Waals surface area (Å²) in [6, 6.07) is 0. The normalized spacial score (nSPS) is 28.2. The van der Waals surface area contributed by atoms with Crippen LogP contribution in [0.5, 0.6) is 0 Å². The Labute approximate surface area is 192 Å². The van der Waals surface area contributed by atoms with E-state index in [0.29, 0.717) is 29.2 Å². The van der Waals surface area contributed by atoms with E-state index in [0.717, 1.165) is 44.7 Å². The highest BCUT2D eigenvalue weighted by molar-refractivity contribution is 6.32. The van der Waals surface area contributed by atoms with Gasteiger partial charge in [0.2, 0.25) is 11.9 Å². The second kappa shape index (κ2) is 7.59. The van der Waals surface area contributed by atoms with Crippen LogP contribution >= 0.6 is 11.6 Å². The topological polar surface area (TPSA) is 99.4 Å². The number of nitrogens with one attached hydrogen (secondary N) is 1. The van der Waals surface area contributed by atoms with Crippen molar-refractivity contribution in [3.05, 3.63) is 23.6 Å². The molecule has 2 saturated heterocycles. The molecule has 2 aromatic heterocycles. The van der Waals surface area contributed by atoms with Crippen LogP contribution in [0.3, 0.4) is 0 Å². The van der Waals surface area contributed by atoms with Crippen LogP contribution in [-0.2, 0) is 11.3 Å². The molecule has 10 heteroatoms. The van der Waals surface area contributed by atoms with Crippen LogP contribution in [0.2, 0.25) is 5.02 Å². The number of aliphatic hydroxyl groups excluding tert-OH is 1. The van der Waals surface area contributed by atoms with E-state index in [1.54, 1.807) is 30.2 Å². The lowest BCUT2D eigenvalue weighted by Crippen LogP contribution is -2.36. The van der Waals surface area contributed by atoms with Gasteiger partial charge in [-0.25, -0.2) is 4.98 Å². The standard InChI is InChI=1S/C22H30ClN7O2/c1-14(31)8-30-9-16(6-25-30)26-20-24-7-17(23)18(27-20)28-10-21(2)12-29(13-22(21,3)11-28)19(32)15-4-5-15/h6-7,9,14-15,31H,4-5,8,10-13H2,1-3H3,(H,24,26,27)/t14-,21-,22+/m1/s1. The molecule has 3 fully saturated rings. The number of carbonyl (C=O) groups is 1. The van der Waals surface area contributed by atoms with Crippen molar-refractivity contribution in [2.45, 2.75) is 46.3 Å². The fourth-order valence-electron chi connectivity index (χ4n) is 5.12. The molecular formula is C22H30ClN7O2. The zero-order chi connectivity index (χ0) is 22.7. The van der Waals surface area contributed by atoms with Crippen molar-refractivity contribution in [2.75, 3.05) is 36.4 Å². The lowest BCUT2D eigenvalue weighted by Gasteiger charge is -2.29. The molecule has 3 atom stereocenters. The maximum atomic E-state index is 12.6. The molecule has 1 amide bonds. The first-order chi connectivity index (χ1) is 15.2. The van der Waals surface area contributed by atoms with Crippen molar-refractivity contribution in [1.82, 2.24) is 24.6 Å². The second-order valence-electron chi connectivity index (χ2n) is 10.2. The van der Waals surface area contributed by atoms with E-state index in [4.69, 9.17) is 16.6 Å². The molecule has 2 N–H and O–H groups in total. The number of aliphatic hydroxyl groups is 1. The summed E-state index contributed by atoms with van der Waals surface area (Å²) in [4.78, 5) is 26.0. The number of carbonyl (C=O) groups excluding carboxylic acids is 1. The Morgan fingerprint density at radius 3 is 2.56 bits per heavy atom. The Balaban J connectivity index is 1.31. The summed E-state index contributed by atoms with van der Waals surface area (Å²) in [5, 5.41) is 17.5. The van der Waals surface area contributed by atoms with E-state index in [9.17, 15) is 9.90 Å². The second-order valence-corrected chi connectivity index (χ2v) is 10.6. The van der Waals surface area contributed by atoms with Gasteiger partial charge in [0.25, 0.3) is 0 Å². The van der Waals surface area contributed by atoms with E-state index in [1.807, 2.05) is 0 Å². The molecule has 9 nitrogen and oxygen atoms in total. The molecule has 0 radical (unpaired) electrons. The third-order valence-corrected chi connectivity index (χ3v) is 7.49. The van der Waals surface area contributed by atoms with Crippen LogP contribution in [0, 0.1) is 16.7 Å². The van der Waals surface area contributed by atoms with Gasteiger partial charge in [-0.3, -0.25) is 9.48 Å². The summed E-state index contributed by atoms with van der Waals surface area (Å²) >= 11 is 6.51. The average Bonchev–Trinajstić information content (AvgIpc) is 3.35. The van der Waals surface area contributed by atoms with Gasteiger partial charge in [-0.1, -0.05) is 25.4 Å². The molecule has 2 aromatic rings. The summed E-state index contributed by atoms with van der Waals surface area (Å²) in [6.45, 7) is 9.84. The zero-order valence-corrected chi connectivity index (χ0v) is 19.5. The highest BCUT2D eigenvalue weighted by Gasteiger charge is 2.59. The number of aromatic nitrogens is 4. The van der Waals surface area contributed by atoms with Gasteiger partial charge in [0, 0.05) is 49.1 Å². The lowest BCUT2D eigenvalue weighted by atomic mass is 9.71. The molecule has 172 valence electrons. The summed E-state index contributed by atoms with van der Waals surface area (Å²) in [5.74, 6) is 1.74. The first kappa shape index (κ1) is 21.5. The third-order valence-electron chi connectivity index (χ3n) is 7.22. The first-order valence-corrected chi connectivity index (χ1v) is 11.6. The van der Waals surface area contributed by atoms with E-state index < -0.39 is 6.10 Å². The summed E-state index contributed by atoms with van der Waals surface area (Å²) in [5.41, 5.74) is 0.716. The van der Waals surface area contributed by atoms with Crippen molar-refractivity contribution in [3.63, 3.8) is 0 Å². The zero-order valence-electron chi connectivity index (χ0n) is 18.8. The van der Waals surface area contributed by atoms with E-state index in [1.165, 1.54) is 0 Å². The Morgan fingerprint density at radius 1 is 1.25 bits per heavy atom. The third kappa shape index (κ3) is 3.81. The first-order valence-electron chi connectivity index (χ1n) is 11.2. The molecule has 3 aliphatic rings. The van der Waals surface area contributed by atoms with Gasteiger partial charge < -0.3 is 20.2 Å². The summed E-state index contributed by atoms with van der Waals surface area (Å²) in [6.07, 6.45) is 6.70. The van der Waals surface area contributed by atoms with Crippen LogP contribution in [0.15, 0.2) is 18.6 Å². The Morgan fingerprint density at radius 2 is 1.94 bits per heavy atom. The van der Waals surface area contributed by atoms with Gasteiger partial charge >= 0.3 is 0 Å². The molecule has 4 heterocycles. The van der Waals surface area contributed by atoms with Crippen molar-refractivity contribution in [2.24, 2.45) is 16.7 Å². The van der Waals surface area contributed by atoms with Crippen molar-refractivity contribution < 1.29 is 9.90 Å². The molecule has 0 spiro atoms. The van der Waals surface area contributed by atoms with Crippen LogP contribution < -0.4 is 10.2 Å². The van der Waals surface area contributed by atoms with Crippen molar-refractivity contribution in [1.29, 1.82) is 0 Å². The van der Waals surface area contributed by atoms with Crippen molar-refractivity contribution in [3.8, 4) is 0 Å². The molecule has 1 aliphatic carbocycles. The maximum absolute atomic E-state index is 12.6. The number of anilines is 3. The van der Waals surface area contributed by atoms with Crippen molar-refractivity contribution >= 4 is 35.0 Å².